The highest BCUT2D eigenvalue weighted by atomic mass is 32.2. The molecular formula is C14H23N3O4S. The lowest BCUT2D eigenvalue weighted by Crippen LogP contribution is -2.49. The summed E-state index contributed by atoms with van der Waals surface area (Å²) in [5.74, 6) is -1.23. The molecule has 1 aliphatic heterocycles. The van der Waals surface area contributed by atoms with Crippen LogP contribution in [0.25, 0.3) is 0 Å². The Bertz CT molecular complexity index is 638. The molecule has 1 aliphatic rings. The Morgan fingerprint density at radius 2 is 2.18 bits per heavy atom. The Morgan fingerprint density at radius 1 is 1.50 bits per heavy atom. The molecule has 1 aromatic rings. The molecule has 22 heavy (non-hydrogen) atoms. The van der Waals surface area contributed by atoms with Gasteiger partial charge in [-0.25, -0.2) is 13.4 Å². The number of carboxylic acid groups (broad SMARTS) is 1. The minimum atomic E-state index is -3.75. The van der Waals surface area contributed by atoms with Crippen LogP contribution in [0.4, 0.5) is 0 Å². The molecule has 0 bridgehead atoms. The van der Waals surface area contributed by atoms with E-state index in [-0.39, 0.29) is 5.03 Å². The Balaban J connectivity index is 2.25. The summed E-state index contributed by atoms with van der Waals surface area (Å²) >= 11 is 0. The van der Waals surface area contributed by atoms with Gasteiger partial charge in [-0.05, 0) is 25.7 Å². The van der Waals surface area contributed by atoms with Gasteiger partial charge in [-0.3, -0.25) is 4.79 Å². The topological polar surface area (TPSA) is 92.5 Å². The third kappa shape index (κ3) is 3.33. The van der Waals surface area contributed by atoms with Crippen molar-refractivity contribution in [2.24, 2.45) is 11.8 Å². The van der Waals surface area contributed by atoms with Gasteiger partial charge in [0.25, 0.3) is 10.0 Å². The van der Waals surface area contributed by atoms with Crippen molar-refractivity contribution in [3.05, 3.63) is 12.5 Å². The Labute approximate surface area is 131 Å². The van der Waals surface area contributed by atoms with Crippen LogP contribution in [0.1, 0.15) is 33.6 Å². The summed E-state index contributed by atoms with van der Waals surface area (Å²) < 4.78 is 28.5. The number of aliphatic carboxylic acids is 1. The van der Waals surface area contributed by atoms with E-state index in [1.54, 1.807) is 11.5 Å². The monoisotopic (exact) mass is 329 g/mol. The molecule has 1 aromatic heterocycles. The van der Waals surface area contributed by atoms with E-state index >= 15 is 0 Å². The average molecular weight is 329 g/mol. The van der Waals surface area contributed by atoms with Gasteiger partial charge in [0.2, 0.25) is 0 Å². The molecule has 0 spiro atoms. The second kappa shape index (κ2) is 6.37. The molecule has 1 saturated heterocycles. The third-order valence-electron chi connectivity index (χ3n) is 4.01. The van der Waals surface area contributed by atoms with Crippen molar-refractivity contribution in [3.63, 3.8) is 0 Å². The fourth-order valence-electron chi connectivity index (χ4n) is 2.90. The standard InChI is InChI=1S/C14H23N3O4S/c1-10(2)7-16-8-13(15-9-16)22(20,21)17-6-4-5-12(11(17)3)14(18)19/h8-12H,4-7H2,1-3H3,(H,18,19)/t11-,12-/m0/s1. The van der Waals surface area contributed by atoms with Gasteiger partial charge in [-0.2, -0.15) is 4.31 Å². The van der Waals surface area contributed by atoms with Gasteiger partial charge >= 0.3 is 5.97 Å². The fourth-order valence-corrected chi connectivity index (χ4v) is 4.54. The SMILES string of the molecule is CC(C)Cn1cnc(S(=O)(=O)N2CCC[C@H](C(=O)O)[C@@H]2C)c1. The summed E-state index contributed by atoms with van der Waals surface area (Å²) in [6.07, 6.45) is 4.08. The molecule has 0 saturated carbocycles. The molecule has 0 radical (unpaired) electrons. The highest BCUT2D eigenvalue weighted by Gasteiger charge is 2.40. The van der Waals surface area contributed by atoms with E-state index in [0.717, 1.165) is 0 Å². The van der Waals surface area contributed by atoms with Gasteiger partial charge in [-0.15, -0.1) is 0 Å². The zero-order chi connectivity index (χ0) is 16.5. The highest BCUT2D eigenvalue weighted by Crippen LogP contribution is 2.28. The number of sulfonamides is 1. The maximum atomic E-state index is 12.7. The molecule has 0 aromatic carbocycles. The van der Waals surface area contributed by atoms with E-state index in [4.69, 9.17) is 0 Å². The van der Waals surface area contributed by atoms with Crippen LogP contribution in [-0.4, -0.2) is 45.9 Å². The summed E-state index contributed by atoms with van der Waals surface area (Å²) in [6, 6.07) is -0.563. The maximum Gasteiger partial charge on any atom is 0.308 e. The van der Waals surface area contributed by atoms with Crippen LogP contribution in [0.2, 0.25) is 0 Å². The molecular weight excluding hydrogens is 306 g/mol. The van der Waals surface area contributed by atoms with Crippen molar-refractivity contribution in [1.29, 1.82) is 0 Å². The largest absolute Gasteiger partial charge is 0.481 e. The Hall–Kier alpha value is -1.41. The maximum absolute atomic E-state index is 12.7. The first-order valence-corrected chi connectivity index (χ1v) is 8.94. The average Bonchev–Trinajstić information content (AvgIpc) is 2.86. The first kappa shape index (κ1) is 17.0. The van der Waals surface area contributed by atoms with Crippen LogP contribution in [0.5, 0.6) is 0 Å². The van der Waals surface area contributed by atoms with Gasteiger partial charge in [-0.1, -0.05) is 13.8 Å². The van der Waals surface area contributed by atoms with Crippen molar-refractivity contribution in [3.8, 4) is 0 Å². The summed E-state index contributed by atoms with van der Waals surface area (Å²) in [5, 5.41) is 9.22. The quantitative estimate of drug-likeness (QED) is 0.882. The van der Waals surface area contributed by atoms with Gasteiger partial charge in [0, 0.05) is 25.3 Å². The van der Waals surface area contributed by atoms with Gasteiger partial charge < -0.3 is 9.67 Å². The zero-order valence-electron chi connectivity index (χ0n) is 13.1. The number of hydrogen-bond acceptors (Lipinski definition) is 4. The molecule has 8 heteroatoms. The number of imidazole rings is 1. The van der Waals surface area contributed by atoms with Crippen LogP contribution in [0, 0.1) is 11.8 Å². The third-order valence-corrected chi connectivity index (χ3v) is 5.88. The molecule has 2 rings (SSSR count). The van der Waals surface area contributed by atoms with Crippen LogP contribution in [0.3, 0.4) is 0 Å². The number of nitrogens with zero attached hydrogens (tertiary/aromatic N) is 3. The summed E-state index contributed by atoms with van der Waals surface area (Å²) in [5.41, 5.74) is 0. The highest BCUT2D eigenvalue weighted by molar-refractivity contribution is 7.89. The van der Waals surface area contributed by atoms with Gasteiger partial charge in [0.1, 0.15) is 0 Å². The van der Waals surface area contributed by atoms with E-state index in [1.165, 1.54) is 16.8 Å². The number of carbonyl (C=O) groups is 1. The molecule has 0 unspecified atom stereocenters. The van der Waals surface area contributed by atoms with Gasteiger partial charge in [0.15, 0.2) is 5.03 Å². The predicted molar refractivity (Wildman–Crippen MR) is 80.8 cm³/mol. The first-order valence-electron chi connectivity index (χ1n) is 7.50. The van der Waals surface area contributed by atoms with E-state index in [0.29, 0.717) is 31.8 Å². The van der Waals surface area contributed by atoms with Crippen molar-refractivity contribution in [2.45, 2.75) is 51.2 Å². The smallest absolute Gasteiger partial charge is 0.308 e. The van der Waals surface area contributed by atoms with E-state index in [2.05, 4.69) is 4.98 Å². The molecule has 2 heterocycles. The predicted octanol–water partition coefficient (Wildman–Crippen LogP) is 1.41. The summed E-state index contributed by atoms with van der Waals surface area (Å²) in [4.78, 5) is 15.3. The number of rotatable bonds is 5. The molecule has 1 N–H and O–H groups in total. The van der Waals surface area contributed by atoms with Crippen molar-refractivity contribution >= 4 is 16.0 Å². The summed E-state index contributed by atoms with van der Waals surface area (Å²) in [6.45, 7) is 6.76. The summed E-state index contributed by atoms with van der Waals surface area (Å²) in [7, 11) is -3.75. The molecule has 7 nitrogen and oxygen atoms in total. The fraction of sp³-hybridized carbons (Fsp3) is 0.714. The molecule has 0 amide bonds. The minimum Gasteiger partial charge on any atom is -0.481 e. The normalized spacial score (nSPS) is 23.8. The van der Waals surface area contributed by atoms with Gasteiger partial charge in [0.05, 0.1) is 12.2 Å². The minimum absolute atomic E-state index is 0.00830. The molecule has 0 aliphatic carbocycles. The molecule has 1 fully saturated rings. The van der Waals surface area contributed by atoms with Crippen LogP contribution in [0.15, 0.2) is 17.6 Å². The van der Waals surface area contributed by atoms with Crippen LogP contribution >= 0.6 is 0 Å². The molecule has 2 atom stereocenters. The second-order valence-corrected chi connectivity index (χ2v) is 8.08. The zero-order valence-corrected chi connectivity index (χ0v) is 14.0. The lowest BCUT2D eigenvalue weighted by atomic mass is 9.92. The van der Waals surface area contributed by atoms with E-state index in [9.17, 15) is 18.3 Å². The lowest BCUT2D eigenvalue weighted by molar-refractivity contribution is -0.144. The van der Waals surface area contributed by atoms with E-state index < -0.39 is 28.0 Å². The van der Waals surface area contributed by atoms with Crippen LogP contribution < -0.4 is 0 Å². The van der Waals surface area contributed by atoms with Crippen LogP contribution in [-0.2, 0) is 21.4 Å². The lowest BCUT2D eigenvalue weighted by Gasteiger charge is -2.35. The number of hydrogen-bond donors (Lipinski definition) is 1. The molecule has 124 valence electrons. The van der Waals surface area contributed by atoms with E-state index in [1.807, 2.05) is 13.8 Å². The van der Waals surface area contributed by atoms with Crippen molar-refractivity contribution < 1.29 is 18.3 Å². The second-order valence-electron chi connectivity index (χ2n) is 6.25. The van der Waals surface area contributed by atoms with Crippen molar-refractivity contribution in [1.82, 2.24) is 13.9 Å². The number of piperidine rings is 1. The Kier molecular flexibility index (Phi) is 4.91. The number of aromatic nitrogens is 2. The number of carboxylic acids is 1. The van der Waals surface area contributed by atoms with Crippen molar-refractivity contribution in [2.75, 3.05) is 6.54 Å². The first-order chi connectivity index (χ1) is 10.2. The Morgan fingerprint density at radius 3 is 2.77 bits per heavy atom.